The summed E-state index contributed by atoms with van der Waals surface area (Å²) in [6, 6.07) is 11.9. The minimum absolute atomic E-state index is 0.654. The fourth-order valence-electron chi connectivity index (χ4n) is 1.74. The fourth-order valence-corrected chi connectivity index (χ4v) is 1.74. The number of benzene rings is 1. The number of para-hydroxylation sites is 1. The van der Waals surface area contributed by atoms with Crippen LogP contribution < -0.4 is 10.1 Å². The molecule has 1 aromatic heterocycles. The van der Waals surface area contributed by atoms with E-state index in [9.17, 15) is 0 Å². The number of furan rings is 1. The number of hydrogen-bond donors (Lipinski definition) is 1. The lowest BCUT2D eigenvalue weighted by atomic mass is 10.1. The first-order valence-electron chi connectivity index (χ1n) is 5.80. The Balaban J connectivity index is 2.31. The highest BCUT2D eigenvalue weighted by Gasteiger charge is 2.09. The molecule has 0 fully saturated rings. The lowest BCUT2D eigenvalue weighted by Gasteiger charge is -2.07. The molecule has 0 aliphatic carbocycles. The third kappa shape index (κ3) is 2.68. The Morgan fingerprint density at radius 2 is 2.00 bits per heavy atom. The van der Waals surface area contributed by atoms with Gasteiger partial charge in [0.15, 0.2) is 0 Å². The Morgan fingerprint density at radius 1 is 1.18 bits per heavy atom. The first kappa shape index (κ1) is 11.7. The summed E-state index contributed by atoms with van der Waals surface area (Å²) in [7, 11) is 1.90. The molecule has 0 atom stereocenters. The average Bonchev–Trinajstić information content (AvgIpc) is 2.79. The topological polar surface area (TPSA) is 34.4 Å². The molecule has 0 aliphatic rings. The number of nitrogens with one attached hydrogen (secondary N) is 1. The molecule has 0 radical (unpaired) electrons. The van der Waals surface area contributed by atoms with E-state index in [0.717, 1.165) is 29.4 Å². The van der Waals surface area contributed by atoms with E-state index in [2.05, 4.69) is 5.32 Å². The lowest BCUT2D eigenvalue weighted by Crippen LogP contribution is -2.03. The summed E-state index contributed by atoms with van der Waals surface area (Å²) < 4.78 is 11.3. The van der Waals surface area contributed by atoms with Crippen molar-refractivity contribution in [2.45, 2.75) is 13.5 Å². The molecule has 0 bridgehead atoms. The molecule has 0 spiro atoms. The molecular formula is C14H17NO2. The van der Waals surface area contributed by atoms with Crippen molar-refractivity contribution in [1.29, 1.82) is 0 Å². The molecule has 1 aromatic carbocycles. The van der Waals surface area contributed by atoms with Gasteiger partial charge in [-0.1, -0.05) is 12.1 Å². The molecule has 0 unspecified atom stereocenters. The van der Waals surface area contributed by atoms with Crippen LogP contribution in [-0.4, -0.2) is 13.7 Å². The van der Waals surface area contributed by atoms with Crippen molar-refractivity contribution >= 4 is 0 Å². The minimum atomic E-state index is 0.654. The van der Waals surface area contributed by atoms with Gasteiger partial charge in [0.05, 0.1) is 18.7 Å². The van der Waals surface area contributed by atoms with Crippen molar-refractivity contribution < 1.29 is 9.15 Å². The highest BCUT2D eigenvalue weighted by molar-refractivity contribution is 5.65. The predicted octanol–water partition coefficient (Wildman–Crippen LogP) is 3.06. The molecule has 0 saturated heterocycles. The number of rotatable bonds is 5. The van der Waals surface area contributed by atoms with Crippen molar-refractivity contribution in [3.05, 3.63) is 42.2 Å². The van der Waals surface area contributed by atoms with E-state index in [1.807, 2.05) is 50.4 Å². The van der Waals surface area contributed by atoms with Crippen LogP contribution >= 0.6 is 0 Å². The van der Waals surface area contributed by atoms with E-state index < -0.39 is 0 Å². The maximum Gasteiger partial charge on any atom is 0.138 e. The molecule has 2 rings (SSSR count). The van der Waals surface area contributed by atoms with E-state index in [0.29, 0.717) is 6.61 Å². The van der Waals surface area contributed by atoms with E-state index >= 15 is 0 Å². The second-order valence-corrected chi connectivity index (χ2v) is 3.73. The van der Waals surface area contributed by atoms with Crippen molar-refractivity contribution in [3.63, 3.8) is 0 Å². The highest BCUT2D eigenvalue weighted by atomic mass is 16.5. The van der Waals surface area contributed by atoms with Gasteiger partial charge in [0.2, 0.25) is 0 Å². The maximum absolute atomic E-state index is 5.75. The van der Waals surface area contributed by atoms with E-state index in [1.165, 1.54) is 0 Å². The van der Waals surface area contributed by atoms with Crippen molar-refractivity contribution in [2.75, 3.05) is 13.7 Å². The smallest absolute Gasteiger partial charge is 0.138 e. The van der Waals surface area contributed by atoms with E-state index in [1.54, 1.807) is 0 Å². The van der Waals surface area contributed by atoms with Gasteiger partial charge in [-0.3, -0.25) is 0 Å². The van der Waals surface area contributed by atoms with Gasteiger partial charge < -0.3 is 14.5 Å². The summed E-state index contributed by atoms with van der Waals surface area (Å²) in [5.41, 5.74) is 0.997. The predicted molar refractivity (Wildman–Crippen MR) is 68.1 cm³/mol. The molecule has 90 valence electrons. The van der Waals surface area contributed by atoms with Gasteiger partial charge in [-0.25, -0.2) is 0 Å². The second-order valence-electron chi connectivity index (χ2n) is 3.73. The van der Waals surface area contributed by atoms with Gasteiger partial charge in [0.25, 0.3) is 0 Å². The standard InChI is InChI=1S/C14H17NO2/c1-3-16-13-7-5-4-6-12(13)14-9-8-11(17-14)10-15-2/h4-9,15H,3,10H2,1-2H3. The van der Waals surface area contributed by atoms with Crippen LogP contribution in [-0.2, 0) is 6.54 Å². The molecule has 0 aliphatic heterocycles. The van der Waals surface area contributed by atoms with Crippen LogP contribution in [0.3, 0.4) is 0 Å². The summed E-state index contributed by atoms with van der Waals surface area (Å²) in [6.45, 7) is 3.36. The van der Waals surface area contributed by atoms with E-state index in [-0.39, 0.29) is 0 Å². The fraction of sp³-hybridized carbons (Fsp3) is 0.286. The zero-order valence-electron chi connectivity index (χ0n) is 10.2. The molecule has 3 heteroatoms. The molecule has 0 amide bonds. The van der Waals surface area contributed by atoms with Crippen LogP contribution in [0, 0.1) is 0 Å². The Kier molecular flexibility index (Phi) is 3.83. The van der Waals surface area contributed by atoms with Crippen LogP contribution in [0.4, 0.5) is 0 Å². The zero-order chi connectivity index (χ0) is 12.1. The SMILES string of the molecule is CCOc1ccccc1-c1ccc(CNC)o1. The Morgan fingerprint density at radius 3 is 2.76 bits per heavy atom. The van der Waals surface area contributed by atoms with Crippen LogP contribution in [0.2, 0.25) is 0 Å². The van der Waals surface area contributed by atoms with Crippen LogP contribution in [0.5, 0.6) is 5.75 Å². The lowest BCUT2D eigenvalue weighted by molar-refractivity contribution is 0.340. The van der Waals surface area contributed by atoms with Crippen LogP contribution in [0.15, 0.2) is 40.8 Å². The van der Waals surface area contributed by atoms with Gasteiger partial charge in [-0.2, -0.15) is 0 Å². The first-order chi connectivity index (χ1) is 8.35. The molecule has 0 saturated carbocycles. The van der Waals surface area contributed by atoms with Gasteiger partial charge in [-0.15, -0.1) is 0 Å². The maximum atomic E-state index is 5.75. The van der Waals surface area contributed by atoms with Crippen LogP contribution in [0.1, 0.15) is 12.7 Å². The molecule has 3 nitrogen and oxygen atoms in total. The van der Waals surface area contributed by atoms with E-state index in [4.69, 9.17) is 9.15 Å². The average molecular weight is 231 g/mol. The van der Waals surface area contributed by atoms with Gasteiger partial charge in [-0.05, 0) is 38.2 Å². The molecule has 17 heavy (non-hydrogen) atoms. The summed E-state index contributed by atoms with van der Waals surface area (Å²) >= 11 is 0. The second kappa shape index (κ2) is 5.55. The molecular weight excluding hydrogens is 214 g/mol. The van der Waals surface area contributed by atoms with Crippen molar-refractivity contribution in [3.8, 4) is 17.1 Å². The molecule has 2 aromatic rings. The largest absolute Gasteiger partial charge is 0.493 e. The Labute approximate surface area is 101 Å². The third-order valence-electron chi connectivity index (χ3n) is 2.47. The third-order valence-corrected chi connectivity index (χ3v) is 2.47. The Hall–Kier alpha value is -1.74. The Bertz CT molecular complexity index is 477. The molecule has 1 heterocycles. The summed E-state index contributed by atoms with van der Waals surface area (Å²) in [6.07, 6.45) is 0. The summed E-state index contributed by atoms with van der Waals surface area (Å²) in [5, 5.41) is 3.06. The normalized spacial score (nSPS) is 10.5. The van der Waals surface area contributed by atoms with Crippen LogP contribution in [0.25, 0.3) is 11.3 Å². The summed E-state index contributed by atoms with van der Waals surface area (Å²) in [5.74, 6) is 2.63. The van der Waals surface area contributed by atoms with Crippen molar-refractivity contribution in [2.24, 2.45) is 0 Å². The minimum Gasteiger partial charge on any atom is -0.493 e. The monoisotopic (exact) mass is 231 g/mol. The quantitative estimate of drug-likeness (QED) is 0.858. The summed E-state index contributed by atoms with van der Waals surface area (Å²) in [4.78, 5) is 0. The van der Waals surface area contributed by atoms with Gasteiger partial charge >= 0.3 is 0 Å². The number of ether oxygens (including phenoxy) is 1. The number of hydrogen-bond acceptors (Lipinski definition) is 3. The highest BCUT2D eigenvalue weighted by Crippen LogP contribution is 2.31. The van der Waals surface area contributed by atoms with Crippen molar-refractivity contribution in [1.82, 2.24) is 5.32 Å². The van der Waals surface area contributed by atoms with Gasteiger partial charge in [0.1, 0.15) is 17.3 Å². The first-order valence-corrected chi connectivity index (χ1v) is 5.80. The van der Waals surface area contributed by atoms with Gasteiger partial charge in [0, 0.05) is 0 Å². The molecule has 1 N–H and O–H groups in total. The zero-order valence-corrected chi connectivity index (χ0v) is 10.2.